The van der Waals surface area contributed by atoms with Crippen molar-refractivity contribution in [1.29, 1.82) is 0 Å². The second kappa shape index (κ2) is 17.9. The van der Waals surface area contributed by atoms with Crippen LogP contribution in [0.3, 0.4) is 0 Å². The van der Waals surface area contributed by atoms with Crippen molar-refractivity contribution >= 4 is 46.7 Å². The van der Waals surface area contributed by atoms with Crippen LogP contribution in [0.1, 0.15) is 71.7 Å². The number of carbonyl (C=O) groups excluding carboxylic acids is 4. The first kappa shape index (κ1) is 39.9. The summed E-state index contributed by atoms with van der Waals surface area (Å²) in [5.74, 6) is 0.0338. The third-order valence-electron chi connectivity index (χ3n) is 7.12. The Morgan fingerprint density at radius 2 is 1.57 bits per heavy atom. The van der Waals surface area contributed by atoms with E-state index in [1.54, 1.807) is 57.2 Å². The molecule has 1 aromatic heterocycles. The molecule has 0 saturated carbocycles. The number of benzene rings is 2. The molecule has 3 N–H and O–H groups in total. The minimum atomic E-state index is -1.68. The molecule has 5 amide bonds. The Hall–Kier alpha value is -5.54. The predicted octanol–water partition coefficient (Wildman–Crippen LogP) is 5.30. The van der Waals surface area contributed by atoms with Gasteiger partial charge in [0.1, 0.15) is 17.9 Å². The van der Waals surface area contributed by atoms with Crippen LogP contribution in [-0.2, 0) is 14.3 Å². The van der Waals surface area contributed by atoms with Crippen LogP contribution in [0.5, 0.6) is 17.2 Å². The number of fused-ring (bicyclic) bond motifs is 1. The number of methoxy groups -OCH3 is 1. The third-order valence-corrected chi connectivity index (χ3v) is 7.12. The molecule has 0 unspecified atom stereocenters. The molecule has 278 valence electrons. The van der Waals surface area contributed by atoms with Crippen LogP contribution in [0.2, 0.25) is 0 Å². The average Bonchev–Trinajstić information content (AvgIpc) is 3.44. The Labute approximate surface area is 296 Å². The zero-order valence-corrected chi connectivity index (χ0v) is 30.2. The molecule has 0 atom stereocenters. The topological polar surface area (TPSA) is 199 Å². The van der Waals surface area contributed by atoms with E-state index in [0.29, 0.717) is 59.8 Å². The summed E-state index contributed by atoms with van der Waals surface area (Å²) in [6, 6.07) is 10.3. The van der Waals surface area contributed by atoms with Gasteiger partial charge in [0.25, 0.3) is 5.91 Å². The summed E-state index contributed by atoms with van der Waals surface area (Å²) in [5.41, 5.74) is -0.0897. The van der Waals surface area contributed by atoms with Crippen molar-refractivity contribution in [3.05, 3.63) is 42.0 Å². The van der Waals surface area contributed by atoms with Crippen LogP contribution in [0, 0.1) is 0 Å². The summed E-state index contributed by atoms with van der Waals surface area (Å²) in [6.45, 7) is 12.0. The molecule has 16 heteroatoms. The molecule has 0 fully saturated rings. The molecule has 0 saturated heterocycles. The zero-order chi connectivity index (χ0) is 37.9. The predicted molar refractivity (Wildman–Crippen MR) is 186 cm³/mol. The van der Waals surface area contributed by atoms with E-state index in [4.69, 9.17) is 23.5 Å². The van der Waals surface area contributed by atoms with Crippen LogP contribution in [-0.4, -0.2) is 101 Å². The summed E-state index contributed by atoms with van der Waals surface area (Å²) < 4.78 is 27.6. The highest BCUT2D eigenvalue weighted by molar-refractivity contribution is 6.01. The number of hydrogen-bond donors (Lipinski definition) is 3. The smallest absolute Gasteiger partial charge is 0.420 e. The molecule has 0 radical (unpaired) electrons. The number of imide groups is 1. The highest BCUT2D eigenvalue weighted by Gasteiger charge is 2.29. The van der Waals surface area contributed by atoms with Gasteiger partial charge >= 0.3 is 12.2 Å². The van der Waals surface area contributed by atoms with Gasteiger partial charge in [-0.15, -0.1) is 0 Å². The van der Waals surface area contributed by atoms with Crippen molar-refractivity contribution in [2.24, 2.45) is 0 Å². The van der Waals surface area contributed by atoms with Gasteiger partial charge in [0.05, 0.1) is 32.3 Å². The summed E-state index contributed by atoms with van der Waals surface area (Å²) in [5, 5.41) is 18.4. The molecular formula is C35H47N5O11. The second-order valence-corrected chi connectivity index (χ2v) is 13.0. The van der Waals surface area contributed by atoms with E-state index < -0.39 is 42.7 Å². The number of carbonyl (C=O) groups is 5. The molecule has 0 aliphatic rings. The highest BCUT2D eigenvalue weighted by atomic mass is 16.6. The number of hydrogen-bond acceptors (Lipinski definition) is 11. The van der Waals surface area contributed by atoms with Gasteiger partial charge in [-0.25, -0.2) is 14.5 Å². The zero-order valence-electron chi connectivity index (χ0n) is 30.2. The molecule has 3 aromatic rings. The fraction of sp³-hybridized carbons (Fsp3) is 0.486. The lowest BCUT2D eigenvalue weighted by Crippen LogP contribution is -2.46. The van der Waals surface area contributed by atoms with Crippen molar-refractivity contribution in [1.82, 2.24) is 20.3 Å². The first-order chi connectivity index (χ1) is 24.0. The number of rotatable bonds is 16. The Morgan fingerprint density at radius 3 is 2.18 bits per heavy atom. The molecule has 0 aliphatic carbocycles. The van der Waals surface area contributed by atoms with Gasteiger partial charge in [0.2, 0.25) is 11.8 Å². The van der Waals surface area contributed by atoms with Gasteiger partial charge in [-0.3, -0.25) is 14.4 Å². The van der Waals surface area contributed by atoms with E-state index in [9.17, 15) is 29.1 Å². The van der Waals surface area contributed by atoms with Crippen molar-refractivity contribution in [2.75, 3.05) is 38.7 Å². The van der Waals surface area contributed by atoms with Gasteiger partial charge < -0.3 is 44.1 Å². The molecule has 0 spiro atoms. The molecule has 3 rings (SSSR count). The second-order valence-electron chi connectivity index (χ2n) is 13.0. The molecule has 0 bridgehead atoms. The number of anilines is 1. The summed E-state index contributed by atoms with van der Waals surface area (Å²) in [7, 11) is 1.53. The summed E-state index contributed by atoms with van der Waals surface area (Å²) in [4.78, 5) is 63.3. The van der Waals surface area contributed by atoms with E-state index in [2.05, 4.69) is 15.8 Å². The molecule has 51 heavy (non-hydrogen) atoms. The van der Waals surface area contributed by atoms with Crippen molar-refractivity contribution in [3.8, 4) is 17.2 Å². The Balaban J connectivity index is 1.44. The first-order valence-corrected chi connectivity index (χ1v) is 16.5. The number of nitrogens with zero attached hydrogens (tertiary/aromatic N) is 3. The normalized spacial score (nSPS) is 11.3. The van der Waals surface area contributed by atoms with Crippen LogP contribution >= 0.6 is 0 Å². The van der Waals surface area contributed by atoms with E-state index in [1.165, 1.54) is 7.11 Å². The number of amides is 5. The van der Waals surface area contributed by atoms with Crippen LogP contribution in [0.15, 0.2) is 40.9 Å². The van der Waals surface area contributed by atoms with E-state index in [1.807, 2.05) is 32.6 Å². The van der Waals surface area contributed by atoms with Crippen LogP contribution in [0.25, 0.3) is 11.0 Å². The lowest BCUT2D eigenvalue weighted by Gasteiger charge is -2.31. The van der Waals surface area contributed by atoms with Gasteiger partial charge in [0, 0.05) is 23.7 Å². The lowest BCUT2D eigenvalue weighted by atomic mass is 10.1. The molecule has 16 nitrogen and oxygen atoms in total. The van der Waals surface area contributed by atoms with Gasteiger partial charge in [-0.05, 0) is 91.6 Å². The van der Waals surface area contributed by atoms with Crippen molar-refractivity contribution in [3.63, 3.8) is 0 Å². The molecule has 1 heterocycles. The summed E-state index contributed by atoms with van der Waals surface area (Å²) >= 11 is 0. The quantitative estimate of drug-likeness (QED) is 0.162. The maximum Gasteiger partial charge on any atom is 0.420 e. The van der Waals surface area contributed by atoms with E-state index in [0.717, 1.165) is 0 Å². The minimum absolute atomic E-state index is 0.0564. The number of carboxylic acid groups (broad SMARTS) is 1. The number of aromatic nitrogens is 1. The maximum atomic E-state index is 13.1. The third kappa shape index (κ3) is 11.8. The number of unbranched alkanes of at least 4 members (excludes halogenated alkanes) is 1. The number of nitrogens with one attached hydrogen (secondary N) is 2. The molecular weight excluding hydrogens is 666 g/mol. The fourth-order valence-electron chi connectivity index (χ4n) is 4.89. The minimum Gasteiger partial charge on any atom is -0.493 e. The maximum absolute atomic E-state index is 13.1. The molecule has 0 aliphatic heterocycles. The standard InChI is InChI=1S/C35H47N5O11/c1-21(2)40(22(3)4)32(43)23-11-14-26(28(17-23)47-8)49-16-10-9-15-48-24-12-13-25-27(18-24)51-38-31(25)37-29(41)19-36-30(42)20-39(33(44)45)34(46)50-35(5,6)7/h11-14,17-18,21-22H,9-10,15-16,19-20H2,1-8H3,(H,36,42)(H,44,45)(H,37,38,41). The van der Waals surface area contributed by atoms with Crippen LogP contribution in [0.4, 0.5) is 15.4 Å². The molecule has 2 aromatic carbocycles. The lowest BCUT2D eigenvalue weighted by molar-refractivity contribution is -0.124. The first-order valence-electron chi connectivity index (χ1n) is 16.5. The largest absolute Gasteiger partial charge is 0.493 e. The van der Waals surface area contributed by atoms with Crippen molar-refractivity contribution < 1.29 is 52.5 Å². The van der Waals surface area contributed by atoms with Crippen LogP contribution < -0.4 is 24.8 Å². The van der Waals surface area contributed by atoms with Crippen molar-refractivity contribution in [2.45, 2.75) is 79.0 Å². The number of ether oxygens (including phenoxy) is 4. The van der Waals surface area contributed by atoms with Gasteiger partial charge in [0.15, 0.2) is 22.9 Å². The average molecular weight is 714 g/mol. The Bertz CT molecular complexity index is 1690. The highest BCUT2D eigenvalue weighted by Crippen LogP contribution is 2.30. The monoisotopic (exact) mass is 713 g/mol. The summed E-state index contributed by atoms with van der Waals surface area (Å²) in [6.07, 6.45) is -1.52. The Kier molecular flexibility index (Phi) is 14.0. The van der Waals surface area contributed by atoms with E-state index in [-0.39, 0.29) is 28.7 Å². The SMILES string of the molecule is COc1cc(C(=O)N(C(C)C)C(C)C)ccc1OCCCCOc1ccc2c(NC(=O)CNC(=O)CN(C(=O)O)C(=O)OC(C)(C)C)noc2c1. The Morgan fingerprint density at radius 1 is 0.902 bits per heavy atom. The fourth-order valence-corrected chi connectivity index (χ4v) is 4.89. The van der Waals surface area contributed by atoms with Gasteiger partial charge in [-0.1, -0.05) is 5.16 Å². The van der Waals surface area contributed by atoms with Gasteiger partial charge in [-0.2, -0.15) is 0 Å². The van der Waals surface area contributed by atoms with E-state index >= 15 is 0 Å².